The topological polar surface area (TPSA) is 47.1 Å². The average Bonchev–Trinajstić information content (AvgIpc) is 2.46. The molecule has 2 rings (SSSR count). The van der Waals surface area contributed by atoms with Gasteiger partial charge in [0, 0.05) is 16.8 Å². The van der Waals surface area contributed by atoms with Crippen LogP contribution in [0.25, 0.3) is 11.4 Å². The van der Waals surface area contributed by atoms with Crippen LogP contribution < -0.4 is 9.47 Å². The van der Waals surface area contributed by atoms with E-state index < -0.39 is 0 Å². The van der Waals surface area contributed by atoms with Crippen LogP contribution in [0.2, 0.25) is 0 Å². The molecule has 0 saturated carbocycles. The molecule has 2 aromatic rings. The lowest BCUT2D eigenvalue weighted by Crippen LogP contribution is -1.99. The highest BCUT2D eigenvalue weighted by Gasteiger charge is 2.09. The number of rotatable bonds is 4. The van der Waals surface area contributed by atoms with Crippen molar-refractivity contribution < 1.29 is 9.47 Å². The molecular weight excluding hydrogens is 272 g/mol. The van der Waals surface area contributed by atoms with Crippen molar-refractivity contribution in [3.63, 3.8) is 0 Å². The molecule has 1 aromatic carbocycles. The van der Waals surface area contributed by atoms with Crippen LogP contribution in [0.3, 0.4) is 0 Å². The predicted molar refractivity (Wildman–Crippen MR) is 82.1 cm³/mol. The molecule has 1 heterocycles. The molecule has 0 fully saturated rings. The molecule has 0 radical (unpaired) electrons. The third kappa shape index (κ3) is 2.67. The van der Waals surface area contributed by atoms with Gasteiger partial charge in [-0.2, -0.15) is 0 Å². The van der Waals surface area contributed by atoms with E-state index in [0.29, 0.717) is 16.1 Å². The van der Waals surface area contributed by atoms with E-state index in [9.17, 15) is 0 Å². The van der Waals surface area contributed by atoms with Crippen molar-refractivity contribution in [1.82, 2.24) is 9.97 Å². The number of hydrogen-bond acceptors (Lipinski definition) is 4. The zero-order chi connectivity index (χ0) is 14.7. The first kappa shape index (κ1) is 14.5. The highest BCUT2D eigenvalue weighted by atomic mass is 32.1. The summed E-state index contributed by atoms with van der Waals surface area (Å²) in [7, 11) is 3.23. The van der Waals surface area contributed by atoms with Gasteiger partial charge in [-0.15, -0.1) is 0 Å². The van der Waals surface area contributed by atoms with E-state index in [2.05, 4.69) is 16.9 Å². The number of ether oxygens (including phenoxy) is 2. The van der Waals surface area contributed by atoms with E-state index in [1.807, 2.05) is 25.1 Å². The Labute approximate surface area is 123 Å². The maximum absolute atomic E-state index is 5.35. The summed E-state index contributed by atoms with van der Waals surface area (Å²) in [5.41, 5.74) is 3.06. The summed E-state index contributed by atoms with van der Waals surface area (Å²) in [6, 6.07) is 5.67. The van der Waals surface area contributed by atoms with Crippen molar-refractivity contribution in [2.45, 2.75) is 20.3 Å². The minimum Gasteiger partial charge on any atom is -0.493 e. The van der Waals surface area contributed by atoms with Gasteiger partial charge in [0.15, 0.2) is 11.5 Å². The van der Waals surface area contributed by atoms with Crippen molar-refractivity contribution in [3.8, 4) is 22.9 Å². The van der Waals surface area contributed by atoms with Crippen molar-refractivity contribution in [1.29, 1.82) is 0 Å². The van der Waals surface area contributed by atoms with Crippen molar-refractivity contribution in [3.05, 3.63) is 34.1 Å². The fraction of sp³-hybridized carbons (Fsp3) is 0.333. The summed E-state index contributed by atoms with van der Waals surface area (Å²) < 4.78 is 11.2. The second-order valence-electron chi connectivity index (χ2n) is 4.42. The first-order valence-corrected chi connectivity index (χ1v) is 6.83. The summed E-state index contributed by atoms with van der Waals surface area (Å²) in [5.74, 6) is 2.10. The fourth-order valence-electron chi connectivity index (χ4n) is 2.15. The molecule has 0 unspecified atom stereocenters. The SMILES string of the molecule is CCc1c(C)[nH]c(-c2ccc(OC)c(OC)c2)nc1=S. The number of nitrogens with one attached hydrogen (secondary N) is 1. The maximum atomic E-state index is 5.35. The lowest BCUT2D eigenvalue weighted by Gasteiger charge is -2.11. The molecule has 20 heavy (non-hydrogen) atoms. The Morgan fingerprint density at radius 2 is 1.90 bits per heavy atom. The first-order valence-electron chi connectivity index (χ1n) is 6.42. The monoisotopic (exact) mass is 290 g/mol. The van der Waals surface area contributed by atoms with E-state index in [-0.39, 0.29) is 0 Å². The van der Waals surface area contributed by atoms with E-state index >= 15 is 0 Å². The van der Waals surface area contributed by atoms with Crippen LogP contribution in [0.1, 0.15) is 18.2 Å². The third-order valence-corrected chi connectivity index (χ3v) is 3.58. The van der Waals surface area contributed by atoms with E-state index in [4.69, 9.17) is 21.7 Å². The Morgan fingerprint density at radius 3 is 2.45 bits per heavy atom. The van der Waals surface area contributed by atoms with Crippen LogP contribution in [0.4, 0.5) is 0 Å². The van der Waals surface area contributed by atoms with E-state index in [1.165, 1.54) is 0 Å². The van der Waals surface area contributed by atoms with Crippen LogP contribution in [0, 0.1) is 11.6 Å². The summed E-state index contributed by atoms with van der Waals surface area (Å²) in [4.78, 5) is 7.77. The Hall–Kier alpha value is -1.88. The largest absolute Gasteiger partial charge is 0.493 e. The van der Waals surface area contributed by atoms with Crippen molar-refractivity contribution in [2.75, 3.05) is 14.2 Å². The van der Waals surface area contributed by atoms with Crippen molar-refractivity contribution in [2.24, 2.45) is 0 Å². The smallest absolute Gasteiger partial charge is 0.161 e. The highest BCUT2D eigenvalue weighted by molar-refractivity contribution is 7.71. The molecule has 5 heteroatoms. The molecular formula is C15H18N2O2S. The molecule has 4 nitrogen and oxygen atoms in total. The summed E-state index contributed by atoms with van der Waals surface area (Å²) in [6.07, 6.45) is 0.875. The van der Waals surface area contributed by atoms with E-state index in [1.54, 1.807) is 14.2 Å². The quantitative estimate of drug-likeness (QED) is 0.872. The van der Waals surface area contributed by atoms with Crippen LogP contribution in [-0.4, -0.2) is 24.2 Å². The van der Waals surface area contributed by atoms with Gasteiger partial charge in [-0.1, -0.05) is 19.1 Å². The van der Waals surface area contributed by atoms with E-state index in [0.717, 1.165) is 29.1 Å². The van der Waals surface area contributed by atoms with Gasteiger partial charge in [0.25, 0.3) is 0 Å². The fourth-order valence-corrected chi connectivity index (χ4v) is 2.54. The normalized spacial score (nSPS) is 10.4. The minimum atomic E-state index is 0.647. The number of nitrogens with zero attached hydrogens (tertiary/aromatic N) is 1. The molecule has 0 spiro atoms. The van der Waals surface area contributed by atoms with Gasteiger partial charge in [0.1, 0.15) is 10.5 Å². The maximum Gasteiger partial charge on any atom is 0.161 e. The van der Waals surface area contributed by atoms with Crippen LogP contribution in [0.15, 0.2) is 18.2 Å². The molecule has 0 aliphatic heterocycles. The lowest BCUT2D eigenvalue weighted by atomic mass is 10.1. The molecule has 0 aliphatic carbocycles. The Kier molecular flexibility index (Phi) is 4.39. The standard InChI is InChI=1S/C15H18N2O2S/c1-5-11-9(2)16-14(17-15(11)20)10-6-7-12(18-3)13(8-10)19-4/h6-8H,5H2,1-4H3,(H,16,17,20). The molecule has 0 aliphatic rings. The average molecular weight is 290 g/mol. The van der Waals surface area contributed by atoms with Gasteiger partial charge in [-0.25, -0.2) is 4.98 Å². The Bertz CT molecular complexity index is 680. The van der Waals surface area contributed by atoms with Crippen molar-refractivity contribution >= 4 is 12.2 Å². The minimum absolute atomic E-state index is 0.647. The summed E-state index contributed by atoms with van der Waals surface area (Å²) in [6.45, 7) is 4.09. The van der Waals surface area contributed by atoms with Crippen LogP contribution in [-0.2, 0) is 6.42 Å². The van der Waals surface area contributed by atoms with Crippen LogP contribution >= 0.6 is 12.2 Å². The molecule has 0 amide bonds. The summed E-state index contributed by atoms with van der Waals surface area (Å²) >= 11 is 5.35. The number of aromatic nitrogens is 2. The molecule has 1 aromatic heterocycles. The van der Waals surface area contributed by atoms with Gasteiger partial charge < -0.3 is 14.5 Å². The molecule has 106 valence electrons. The van der Waals surface area contributed by atoms with Crippen LogP contribution in [0.5, 0.6) is 11.5 Å². The van der Waals surface area contributed by atoms with Gasteiger partial charge >= 0.3 is 0 Å². The third-order valence-electron chi connectivity index (χ3n) is 3.24. The number of aromatic amines is 1. The number of methoxy groups -OCH3 is 2. The number of aryl methyl sites for hydroxylation is 1. The zero-order valence-electron chi connectivity index (χ0n) is 12.1. The van der Waals surface area contributed by atoms with Gasteiger partial charge in [0.2, 0.25) is 0 Å². The lowest BCUT2D eigenvalue weighted by molar-refractivity contribution is 0.355. The first-order chi connectivity index (χ1) is 9.60. The van der Waals surface area contributed by atoms with Gasteiger partial charge in [-0.05, 0) is 31.5 Å². The second kappa shape index (κ2) is 6.05. The number of H-pyrrole nitrogens is 1. The zero-order valence-corrected chi connectivity index (χ0v) is 12.9. The van der Waals surface area contributed by atoms with Gasteiger partial charge in [0.05, 0.1) is 14.2 Å². The number of hydrogen-bond donors (Lipinski definition) is 1. The highest BCUT2D eigenvalue weighted by Crippen LogP contribution is 2.31. The Morgan fingerprint density at radius 1 is 1.20 bits per heavy atom. The molecule has 1 N–H and O–H groups in total. The Balaban J connectivity index is 2.54. The molecule has 0 atom stereocenters. The molecule has 0 saturated heterocycles. The number of benzene rings is 1. The second-order valence-corrected chi connectivity index (χ2v) is 4.80. The predicted octanol–water partition coefficient (Wildman–Crippen LogP) is 3.69. The summed E-state index contributed by atoms with van der Waals surface area (Å²) in [5, 5.41) is 0. The molecule has 0 bridgehead atoms. The van der Waals surface area contributed by atoms with Gasteiger partial charge in [-0.3, -0.25) is 0 Å².